The molecule has 0 saturated carbocycles. The Hall–Kier alpha value is -3.34. The smallest absolute Gasteiger partial charge is 0.223 e. The van der Waals surface area contributed by atoms with E-state index in [2.05, 4.69) is 32.0 Å². The molecule has 0 unspecified atom stereocenters. The van der Waals surface area contributed by atoms with Crippen molar-refractivity contribution in [1.82, 2.24) is 29.4 Å². The van der Waals surface area contributed by atoms with E-state index in [1.54, 1.807) is 17.8 Å². The molecule has 0 spiro atoms. The van der Waals surface area contributed by atoms with Crippen LogP contribution in [0.2, 0.25) is 0 Å². The molecule has 0 bridgehead atoms. The van der Waals surface area contributed by atoms with Gasteiger partial charge in [-0.25, -0.2) is 18.7 Å². The van der Waals surface area contributed by atoms with Crippen LogP contribution >= 0.6 is 0 Å². The zero-order chi connectivity index (χ0) is 23.4. The fraction of sp³-hybridized carbons (Fsp3) is 0.455. The van der Waals surface area contributed by atoms with Gasteiger partial charge in [-0.2, -0.15) is 9.61 Å². The van der Waals surface area contributed by atoms with Gasteiger partial charge in [0.1, 0.15) is 11.3 Å². The van der Waals surface area contributed by atoms with Crippen LogP contribution in [0.1, 0.15) is 51.4 Å². The summed E-state index contributed by atoms with van der Waals surface area (Å²) in [5, 5.41) is 19.1. The molecule has 1 aromatic carbocycles. The van der Waals surface area contributed by atoms with Gasteiger partial charge in [0.25, 0.3) is 0 Å². The van der Waals surface area contributed by atoms with E-state index in [9.17, 15) is 13.9 Å². The first-order valence-electron chi connectivity index (χ1n) is 11.0. The number of hydrogen-bond acceptors (Lipinski definition) is 7. The summed E-state index contributed by atoms with van der Waals surface area (Å²) in [6.07, 6.45) is 5.00. The average molecular weight is 457 g/mol. The quantitative estimate of drug-likeness (QED) is 0.486. The van der Waals surface area contributed by atoms with Crippen molar-refractivity contribution in [1.29, 1.82) is 0 Å². The maximum atomic E-state index is 14.3. The summed E-state index contributed by atoms with van der Waals surface area (Å²) in [6.45, 7) is 6.46. The highest BCUT2D eigenvalue weighted by molar-refractivity contribution is 5.92. The number of benzene rings is 1. The van der Waals surface area contributed by atoms with Gasteiger partial charge in [0.2, 0.25) is 5.95 Å². The molecule has 33 heavy (non-hydrogen) atoms. The third kappa shape index (κ3) is 3.65. The Morgan fingerprint density at radius 3 is 2.73 bits per heavy atom. The minimum absolute atomic E-state index is 0.00354. The lowest BCUT2D eigenvalue weighted by molar-refractivity contribution is 0.132. The van der Waals surface area contributed by atoms with Gasteiger partial charge in [0.05, 0.1) is 29.4 Å². The lowest BCUT2D eigenvalue weighted by Crippen LogP contribution is -2.41. The van der Waals surface area contributed by atoms with Gasteiger partial charge in [-0.05, 0) is 39.7 Å². The number of fused-ring (bicyclic) bond motifs is 3. The van der Waals surface area contributed by atoms with Crippen LogP contribution in [0.25, 0.3) is 16.6 Å². The molecule has 1 saturated heterocycles. The summed E-state index contributed by atoms with van der Waals surface area (Å²) >= 11 is 0. The molecule has 3 aromatic heterocycles. The molecule has 4 heterocycles. The van der Waals surface area contributed by atoms with Crippen molar-refractivity contribution in [3.63, 3.8) is 0 Å². The molecular weight excluding hydrogens is 430 g/mol. The number of aromatic nitrogens is 6. The van der Waals surface area contributed by atoms with E-state index >= 15 is 0 Å². The van der Waals surface area contributed by atoms with Crippen molar-refractivity contribution in [2.75, 3.05) is 17.2 Å². The number of rotatable bonds is 4. The van der Waals surface area contributed by atoms with Gasteiger partial charge >= 0.3 is 0 Å². The zero-order valence-corrected chi connectivity index (χ0v) is 18.7. The van der Waals surface area contributed by atoms with Gasteiger partial charge in [0, 0.05) is 30.8 Å². The monoisotopic (exact) mass is 456 g/mol. The molecule has 3 N–H and O–H groups in total. The molecule has 1 fully saturated rings. The Bertz CT molecular complexity index is 1330. The fourth-order valence-electron chi connectivity index (χ4n) is 4.44. The van der Waals surface area contributed by atoms with Crippen LogP contribution in [0.5, 0.6) is 0 Å². The predicted octanol–water partition coefficient (Wildman–Crippen LogP) is 3.05. The van der Waals surface area contributed by atoms with Gasteiger partial charge in [-0.3, -0.25) is 4.68 Å². The molecule has 4 atom stereocenters. The van der Waals surface area contributed by atoms with Crippen LogP contribution < -0.4 is 10.6 Å². The topological polar surface area (TPSA) is 110 Å². The summed E-state index contributed by atoms with van der Waals surface area (Å²) < 4.78 is 31.3. The van der Waals surface area contributed by atoms with Crippen LogP contribution in [0.3, 0.4) is 0 Å². The highest BCUT2D eigenvalue weighted by Gasteiger charge is 2.31. The number of anilines is 2. The molecule has 5 rings (SSSR count). The van der Waals surface area contributed by atoms with Crippen LogP contribution in [0.15, 0.2) is 24.5 Å². The summed E-state index contributed by atoms with van der Waals surface area (Å²) in [6, 6.07) is 2.13. The standard InChI is InChI=1S/C22H26F2N8O/c1-11-4-5-14(9-30(11)16-8-26-31(10-16)12(2)13(3)33)20-28-21-17-6-15(23)7-18(24)19(17)27-22(25)32(21)29-20/h6-8,10-14,33H,4-5,9H2,1-3H3,(H2,25,27)/t11-,12-,13-,14+/m1/s1. The van der Waals surface area contributed by atoms with Crippen molar-refractivity contribution in [2.24, 2.45) is 0 Å². The molecule has 11 heteroatoms. The van der Waals surface area contributed by atoms with E-state index in [1.807, 2.05) is 13.1 Å². The van der Waals surface area contributed by atoms with E-state index in [4.69, 9.17) is 5.73 Å². The predicted molar refractivity (Wildman–Crippen MR) is 120 cm³/mol. The van der Waals surface area contributed by atoms with E-state index in [0.29, 0.717) is 12.4 Å². The second kappa shape index (κ2) is 7.91. The van der Waals surface area contributed by atoms with Crippen molar-refractivity contribution in [3.8, 4) is 0 Å². The van der Waals surface area contributed by atoms with E-state index < -0.39 is 17.7 Å². The van der Waals surface area contributed by atoms with E-state index in [0.717, 1.165) is 24.6 Å². The summed E-state index contributed by atoms with van der Waals surface area (Å²) in [5.74, 6) is -0.950. The first-order valence-corrected chi connectivity index (χ1v) is 11.0. The van der Waals surface area contributed by atoms with Crippen molar-refractivity contribution >= 4 is 28.2 Å². The summed E-state index contributed by atoms with van der Waals surface area (Å²) in [4.78, 5) is 10.9. The third-order valence-electron chi connectivity index (χ3n) is 6.62. The molecule has 0 amide bonds. The molecule has 174 valence electrons. The molecule has 0 radical (unpaired) electrons. The first kappa shape index (κ1) is 21.5. The second-order valence-electron chi connectivity index (χ2n) is 8.89. The second-order valence-corrected chi connectivity index (χ2v) is 8.89. The molecule has 4 aromatic rings. The molecular formula is C22H26F2N8O. The van der Waals surface area contributed by atoms with Gasteiger partial charge in [-0.15, -0.1) is 5.10 Å². The molecule has 9 nitrogen and oxygen atoms in total. The SMILES string of the molecule is C[C@@H]1CC[C@H](c2nc3c4cc(F)cc(F)c4nc(N)n3n2)CN1c1cnn([C@H](C)[C@@H](C)O)c1. The third-order valence-corrected chi connectivity index (χ3v) is 6.62. The number of piperidine rings is 1. The maximum absolute atomic E-state index is 14.3. The van der Waals surface area contributed by atoms with Gasteiger partial charge < -0.3 is 15.7 Å². The van der Waals surface area contributed by atoms with Crippen LogP contribution in [-0.2, 0) is 0 Å². The normalized spacial score (nSPS) is 21.1. The number of halogens is 2. The minimum Gasteiger partial charge on any atom is -0.391 e. The highest BCUT2D eigenvalue weighted by atomic mass is 19.1. The Morgan fingerprint density at radius 2 is 1.97 bits per heavy atom. The lowest BCUT2D eigenvalue weighted by atomic mass is 9.92. The molecule has 0 aliphatic carbocycles. The summed E-state index contributed by atoms with van der Waals surface area (Å²) in [7, 11) is 0. The van der Waals surface area contributed by atoms with Crippen LogP contribution in [-0.4, -0.2) is 53.2 Å². The fourth-order valence-corrected chi connectivity index (χ4v) is 4.44. The first-order chi connectivity index (χ1) is 15.7. The Morgan fingerprint density at radius 1 is 1.18 bits per heavy atom. The Kier molecular flexibility index (Phi) is 5.15. The van der Waals surface area contributed by atoms with Gasteiger partial charge in [0.15, 0.2) is 17.3 Å². The van der Waals surface area contributed by atoms with Crippen molar-refractivity contribution in [2.45, 2.75) is 57.7 Å². The van der Waals surface area contributed by atoms with E-state index in [1.165, 1.54) is 10.6 Å². The summed E-state index contributed by atoms with van der Waals surface area (Å²) in [5.41, 5.74) is 7.23. The minimum atomic E-state index is -0.787. The Balaban J connectivity index is 1.50. The zero-order valence-electron chi connectivity index (χ0n) is 18.7. The number of nitrogen functional groups attached to an aromatic ring is 1. The van der Waals surface area contributed by atoms with Gasteiger partial charge in [-0.1, -0.05) is 0 Å². The Labute approximate surface area is 188 Å². The molecule has 1 aliphatic heterocycles. The molecule has 1 aliphatic rings. The maximum Gasteiger partial charge on any atom is 0.223 e. The average Bonchev–Trinajstić information content (AvgIpc) is 3.43. The van der Waals surface area contributed by atoms with Crippen LogP contribution in [0.4, 0.5) is 20.4 Å². The largest absolute Gasteiger partial charge is 0.391 e. The van der Waals surface area contributed by atoms with E-state index in [-0.39, 0.29) is 40.5 Å². The number of hydrogen-bond donors (Lipinski definition) is 2. The van der Waals surface area contributed by atoms with Crippen molar-refractivity contribution < 1.29 is 13.9 Å². The lowest BCUT2D eigenvalue weighted by Gasteiger charge is -2.37. The highest BCUT2D eigenvalue weighted by Crippen LogP contribution is 2.33. The number of nitrogens with zero attached hydrogens (tertiary/aromatic N) is 7. The van der Waals surface area contributed by atoms with Crippen LogP contribution in [0, 0.1) is 11.6 Å². The van der Waals surface area contributed by atoms with Crippen molar-refractivity contribution in [3.05, 3.63) is 42.0 Å². The number of nitrogens with two attached hydrogens (primary N) is 1. The number of aliphatic hydroxyl groups excluding tert-OH is 1. The number of aliphatic hydroxyl groups is 1.